The van der Waals surface area contributed by atoms with E-state index in [0.29, 0.717) is 20.9 Å². The first-order valence-corrected chi connectivity index (χ1v) is 7.40. The molecule has 0 bridgehead atoms. The molecule has 1 aromatic carbocycles. The molecule has 4 nitrogen and oxygen atoms in total. The minimum atomic E-state index is 0.000880. The number of halogens is 2. The molecule has 19 heavy (non-hydrogen) atoms. The van der Waals surface area contributed by atoms with Crippen LogP contribution in [-0.2, 0) is 4.79 Å². The van der Waals surface area contributed by atoms with Crippen molar-refractivity contribution in [3.8, 4) is 5.75 Å². The molecular weight excluding hydrogens is 332 g/mol. The van der Waals surface area contributed by atoms with Gasteiger partial charge < -0.3 is 15.4 Å². The molecule has 1 saturated heterocycles. The quantitative estimate of drug-likeness (QED) is 0.855. The number of carbonyl (C=O) groups excluding carboxylic acids is 1. The predicted molar refractivity (Wildman–Crippen MR) is 79.5 cm³/mol. The zero-order valence-corrected chi connectivity index (χ0v) is 12.8. The van der Waals surface area contributed by atoms with Crippen molar-refractivity contribution < 1.29 is 9.53 Å². The maximum absolute atomic E-state index is 12.0. The fraction of sp³-hybridized carbons (Fsp3) is 0.462. The molecule has 0 unspecified atom stereocenters. The molecule has 1 amide bonds. The molecule has 0 radical (unpaired) electrons. The topological polar surface area (TPSA) is 55.6 Å². The number of piperidine rings is 1. The van der Waals surface area contributed by atoms with E-state index in [1.165, 1.54) is 6.42 Å². The van der Waals surface area contributed by atoms with Crippen LogP contribution < -0.4 is 10.5 Å². The van der Waals surface area contributed by atoms with Crippen molar-refractivity contribution in [1.29, 1.82) is 0 Å². The molecule has 0 spiro atoms. The Hall–Kier alpha value is -0.940. The van der Waals surface area contributed by atoms with Gasteiger partial charge in [-0.05, 0) is 47.3 Å². The molecule has 0 atom stereocenters. The van der Waals surface area contributed by atoms with E-state index in [2.05, 4.69) is 15.9 Å². The normalized spacial score (nSPS) is 15.4. The van der Waals surface area contributed by atoms with Crippen molar-refractivity contribution in [2.75, 3.05) is 25.4 Å². The summed E-state index contributed by atoms with van der Waals surface area (Å²) in [5, 5.41) is 0.527. The molecule has 2 rings (SSSR count). The van der Waals surface area contributed by atoms with Gasteiger partial charge in [0.1, 0.15) is 0 Å². The molecule has 1 aliphatic heterocycles. The van der Waals surface area contributed by atoms with Crippen molar-refractivity contribution in [3.63, 3.8) is 0 Å². The molecular formula is C13H16BrClN2O2. The SMILES string of the molecule is Nc1cc(Cl)cc(Br)c1OCC(=O)N1CCCCC1. The van der Waals surface area contributed by atoms with Gasteiger partial charge in [-0.2, -0.15) is 0 Å². The summed E-state index contributed by atoms with van der Waals surface area (Å²) in [7, 11) is 0. The highest BCUT2D eigenvalue weighted by molar-refractivity contribution is 9.10. The third-order valence-electron chi connectivity index (χ3n) is 3.09. The lowest BCUT2D eigenvalue weighted by Crippen LogP contribution is -2.38. The first-order valence-electron chi connectivity index (χ1n) is 6.23. The number of amides is 1. The highest BCUT2D eigenvalue weighted by Crippen LogP contribution is 2.34. The van der Waals surface area contributed by atoms with Crippen LogP contribution in [0.2, 0.25) is 5.02 Å². The monoisotopic (exact) mass is 346 g/mol. The lowest BCUT2D eigenvalue weighted by atomic mass is 10.1. The van der Waals surface area contributed by atoms with Gasteiger partial charge in [0.25, 0.3) is 5.91 Å². The van der Waals surface area contributed by atoms with Gasteiger partial charge >= 0.3 is 0 Å². The Balaban J connectivity index is 1.96. The summed E-state index contributed by atoms with van der Waals surface area (Å²) in [5.74, 6) is 0.468. The van der Waals surface area contributed by atoms with E-state index in [0.717, 1.165) is 25.9 Å². The lowest BCUT2D eigenvalue weighted by Gasteiger charge is -2.26. The third kappa shape index (κ3) is 3.76. The van der Waals surface area contributed by atoms with Gasteiger partial charge in [-0.3, -0.25) is 4.79 Å². The molecule has 1 aromatic rings. The number of nitrogens with two attached hydrogens (primary N) is 1. The van der Waals surface area contributed by atoms with Gasteiger partial charge in [0.2, 0.25) is 0 Å². The zero-order chi connectivity index (χ0) is 13.8. The standard InChI is InChI=1S/C13H16BrClN2O2/c14-10-6-9(15)7-11(16)13(10)19-8-12(18)17-4-2-1-3-5-17/h6-7H,1-5,8,16H2. The van der Waals surface area contributed by atoms with Crippen LogP contribution in [0.5, 0.6) is 5.75 Å². The Morgan fingerprint density at radius 1 is 1.37 bits per heavy atom. The van der Waals surface area contributed by atoms with Crippen molar-refractivity contribution in [2.45, 2.75) is 19.3 Å². The second-order valence-corrected chi connectivity index (χ2v) is 5.83. The van der Waals surface area contributed by atoms with Crippen molar-refractivity contribution in [1.82, 2.24) is 4.90 Å². The van der Waals surface area contributed by atoms with E-state index in [1.807, 2.05) is 4.90 Å². The lowest BCUT2D eigenvalue weighted by molar-refractivity contribution is -0.134. The van der Waals surface area contributed by atoms with Crippen molar-refractivity contribution in [3.05, 3.63) is 21.6 Å². The second-order valence-electron chi connectivity index (χ2n) is 4.54. The third-order valence-corrected chi connectivity index (χ3v) is 3.89. The highest BCUT2D eigenvalue weighted by Gasteiger charge is 2.18. The average molecular weight is 348 g/mol. The van der Waals surface area contributed by atoms with E-state index < -0.39 is 0 Å². The fourth-order valence-corrected chi connectivity index (χ4v) is 3.05. The molecule has 0 aromatic heterocycles. The number of nitrogen functional groups attached to an aromatic ring is 1. The van der Waals surface area contributed by atoms with Crippen LogP contribution in [0.4, 0.5) is 5.69 Å². The highest BCUT2D eigenvalue weighted by atomic mass is 79.9. The first-order chi connectivity index (χ1) is 9.08. The Labute approximate surface area is 126 Å². The van der Waals surface area contributed by atoms with Gasteiger partial charge in [0.15, 0.2) is 12.4 Å². The van der Waals surface area contributed by atoms with Gasteiger partial charge in [-0.25, -0.2) is 0 Å². The summed E-state index contributed by atoms with van der Waals surface area (Å²) in [4.78, 5) is 13.8. The van der Waals surface area contributed by atoms with Gasteiger partial charge in [-0.15, -0.1) is 0 Å². The molecule has 1 aliphatic rings. The maximum Gasteiger partial charge on any atom is 0.260 e. The minimum absolute atomic E-state index is 0.000880. The van der Waals surface area contributed by atoms with E-state index in [9.17, 15) is 4.79 Å². The molecule has 0 saturated carbocycles. The van der Waals surface area contributed by atoms with Crippen LogP contribution in [-0.4, -0.2) is 30.5 Å². The number of nitrogens with zero attached hydrogens (tertiary/aromatic N) is 1. The number of benzene rings is 1. The fourth-order valence-electron chi connectivity index (χ4n) is 2.10. The molecule has 2 N–H and O–H groups in total. The number of likely N-dealkylation sites (tertiary alicyclic amines) is 1. The van der Waals surface area contributed by atoms with Crippen molar-refractivity contribution in [2.24, 2.45) is 0 Å². The summed E-state index contributed by atoms with van der Waals surface area (Å²) in [6.45, 7) is 1.64. The summed E-state index contributed by atoms with van der Waals surface area (Å²) in [6.07, 6.45) is 3.33. The van der Waals surface area contributed by atoms with Gasteiger partial charge in [0, 0.05) is 18.1 Å². The van der Waals surface area contributed by atoms with Crippen LogP contribution in [0.25, 0.3) is 0 Å². The van der Waals surface area contributed by atoms with Crippen LogP contribution in [0.3, 0.4) is 0 Å². The van der Waals surface area contributed by atoms with E-state index in [-0.39, 0.29) is 12.5 Å². The summed E-state index contributed by atoms with van der Waals surface area (Å²) < 4.78 is 6.17. The van der Waals surface area contributed by atoms with Crippen LogP contribution in [0.15, 0.2) is 16.6 Å². The first kappa shape index (κ1) is 14.5. The number of ether oxygens (including phenoxy) is 1. The Morgan fingerprint density at radius 3 is 2.68 bits per heavy atom. The number of rotatable bonds is 3. The molecule has 1 fully saturated rings. The van der Waals surface area contributed by atoms with Gasteiger partial charge in [-0.1, -0.05) is 11.6 Å². The summed E-state index contributed by atoms with van der Waals surface area (Å²) in [6, 6.07) is 3.30. The van der Waals surface area contributed by atoms with Crippen LogP contribution in [0.1, 0.15) is 19.3 Å². The summed E-state index contributed by atoms with van der Waals surface area (Å²) in [5.41, 5.74) is 6.24. The Kier molecular flexibility index (Phi) is 4.93. The minimum Gasteiger partial charge on any atom is -0.480 e. The largest absolute Gasteiger partial charge is 0.480 e. The number of anilines is 1. The number of hydrogen-bond acceptors (Lipinski definition) is 3. The molecule has 6 heteroatoms. The van der Waals surface area contributed by atoms with E-state index >= 15 is 0 Å². The van der Waals surface area contributed by atoms with Crippen LogP contribution in [0, 0.1) is 0 Å². The Morgan fingerprint density at radius 2 is 2.05 bits per heavy atom. The Bertz CT molecular complexity index is 453. The molecule has 104 valence electrons. The average Bonchev–Trinajstić information content (AvgIpc) is 2.38. The molecule has 1 heterocycles. The number of carbonyl (C=O) groups is 1. The molecule has 0 aliphatic carbocycles. The van der Waals surface area contributed by atoms with E-state index in [4.69, 9.17) is 22.1 Å². The predicted octanol–water partition coefficient (Wildman–Crippen LogP) is 3.08. The van der Waals surface area contributed by atoms with Gasteiger partial charge in [0.05, 0.1) is 10.2 Å². The van der Waals surface area contributed by atoms with Crippen molar-refractivity contribution >= 4 is 39.1 Å². The number of hydrogen-bond donors (Lipinski definition) is 1. The smallest absolute Gasteiger partial charge is 0.260 e. The maximum atomic E-state index is 12.0. The zero-order valence-electron chi connectivity index (χ0n) is 10.5. The summed E-state index contributed by atoms with van der Waals surface area (Å²) >= 11 is 9.20. The van der Waals surface area contributed by atoms with Crippen LogP contribution >= 0.6 is 27.5 Å². The van der Waals surface area contributed by atoms with E-state index in [1.54, 1.807) is 12.1 Å². The second kappa shape index (κ2) is 6.48.